The molecule has 21 aliphatic heterocycles. The van der Waals surface area contributed by atoms with Gasteiger partial charge in [-0.3, -0.25) is 0 Å². The highest BCUT2D eigenvalue weighted by Gasteiger charge is 2.63. The highest BCUT2D eigenvalue weighted by atomic mass is 16.8. The van der Waals surface area contributed by atoms with E-state index < -0.39 is 261 Å². The van der Waals surface area contributed by atoms with Gasteiger partial charge >= 0.3 is 0 Å². The average Bonchev–Trinajstić information content (AvgIpc) is 4.26. The first-order chi connectivity index (χ1) is 36.3. The van der Waals surface area contributed by atoms with Gasteiger partial charge in [0.2, 0.25) is 0 Å². The molecule has 0 radical (unpaired) electrons. The van der Waals surface area contributed by atoms with Gasteiger partial charge in [-0.25, -0.2) is 0 Å². The summed E-state index contributed by atoms with van der Waals surface area (Å²) in [6.45, 7) is -6.76. The van der Waals surface area contributed by atoms with Crippen molar-refractivity contribution in [2.24, 2.45) is 0 Å². The fourth-order valence-electron chi connectivity index (χ4n) is 10.7. The fourth-order valence-corrected chi connectivity index (χ4v) is 10.7. The first kappa shape index (κ1) is 59.3. The van der Waals surface area contributed by atoms with Gasteiger partial charge in [0.1, 0.15) is 171 Å². The minimum Gasteiger partial charge on any atom is -0.394 e. The van der Waals surface area contributed by atoms with Crippen LogP contribution in [-0.2, 0) is 71.1 Å². The van der Waals surface area contributed by atoms with E-state index in [0.29, 0.717) is 0 Å². The third-order valence-electron chi connectivity index (χ3n) is 15.0. The summed E-state index contributed by atoms with van der Waals surface area (Å²) in [7, 11) is 0. The van der Waals surface area contributed by atoms with E-state index in [9.17, 15) is 97.0 Å². The van der Waals surface area contributed by atoms with E-state index in [0.717, 1.165) is 0 Å². The molecule has 21 saturated heterocycles. The van der Waals surface area contributed by atoms with E-state index in [1.165, 1.54) is 0 Å². The number of hydrogen-bond acceptors (Lipinski definition) is 34. The average molecular weight is 1120 g/mol. The van der Waals surface area contributed by atoms with E-state index in [4.69, 9.17) is 71.1 Å². The molecular formula is C42H68O34. The maximum Gasteiger partial charge on any atom is 0.187 e. The summed E-state index contributed by atoms with van der Waals surface area (Å²) in [5.41, 5.74) is 0. The van der Waals surface area contributed by atoms with Gasteiger partial charge < -0.3 is 168 Å². The molecule has 76 heavy (non-hydrogen) atoms. The van der Waals surface area contributed by atoms with E-state index in [1.54, 1.807) is 0 Å². The highest BCUT2D eigenvalue weighted by molar-refractivity contribution is 5.05. The van der Waals surface area contributed by atoms with Crippen molar-refractivity contribution in [3.8, 4) is 0 Å². The number of fused-ring (bicyclic) bond motifs is 1. The van der Waals surface area contributed by atoms with Crippen molar-refractivity contribution in [1.29, 1.82) is 0 Å². The number of epoxide rings is 1. The maximum atomic E-state index is 11.4. The van der Waals surface area contributed by atoms with E-state index in [-0.39, 0.29) is 0 Å². The quantitative estimate of drug-likeness (QED) is 0.105. The predicted octanol–water partition coefficient (Wildman–Crippen LogP) is -14.2. The molecular weight excluding hydrogens is 1050 g/mol. The molecule has 21 rings (SSSR count). The summed E-state index contributed by atoms with van der Waals surface area (Å²) in [5.74, 6) is 0. The van der Waals surface area contributed by atoms with Crippen LogP contribution in [0.4, 0.5) is 0 Å². The Bertz CT molecular complexity index is 1840. The minimum atomic E-state index is -2.18. The van der Waals surface area contributed by atoms with Crippen molar-refractivity contribution in [2.45, 2.75) is 215 Å². The zero-order valence-corrected chi connectivity index (χ0v) is 39.8. The molecule has 34 nitrogen and oxygen atoms in total. The van der Waals surface area contributed by atoms with Crippen molar-refractivity contribution in [1.82, 2.24) is 0 Å². The van der Waals surface area contributed by atoms with Crippen molar-refractivity contribution in [3.05, 3.63) is 0 Å². The second-order valence-electron chi connectivity index (χ2n) is 19.7. The Morgan fingerprint density at radius 2 is 0.329 bits per heavy atom. The second kappa shape index (κ2) is 24.6. The zero-order chi connectivity index (χ0) is 54.8. The van der Waals surface area contributed by atoms with Crippen LogP contribution in [0.3, 0.4) is 0 Å². The van der Waals surface area contributed by atoms with Crippen molar-refractivity contribution in [2.75, 3.05) is 46.2 Å². The van der Waals surface area contributed by atoms with Gasteiger partial charge in [-0.05, 0) is 0 Å². The van der Waals surface area contributed by atoms with Crippen molar-refractivity contribution >= 4 is 0 Å². The molecule has 19 N–H and O–H groups in total. The summed E-state index contributed by atoms with van der Waals surface area (Å²) < 4.78 is 86.4. The lowest BCUT2D eigenvalue weighted by atomic mass is 9.95. The predicted molar refractivity (Wildman–Crippen MR) is 225 cm³/mol. The standard InChI is InChI=1S/C42H68O34/c43-1-8-27-15(50)22(57)37(63-8)72-29-10(3-45)65-39(24(59)17(29)52)74-31-12(5-47)67-41(26(61)19(31)54)76-33-14(7-49)68-42(35-34(33)69-35)75-32-13(6-48)66-40(25(60)20(32)55)73-30-11(4-46)64-38(23(58)18(30)53)71-28-9(2-44)62-36(70-27)21(56)16(28)51/h8-61H,1-7H2/t8-,9-,10-,11-,12-,13-,14-,15-,16-,17-,18-,19-,20+,21-,22-,23-,24-,25+,26-,27-,28-,29-,30-,31-,32-,33-,34-,35-,36-,37-,38-,39-,40-,41-,42-/m1/s1. The third-order valence-corrected chi connectivity index (χ3v) is 15.0. The Morgan fingerprint density at radius 3 is 0.539 bits per heavy atom. The van der Waals surface area contributed by atoms with E-state index in [2.05, 4.69) is 0 Å². The zero-order valence-electron chi connectivity index (χ0n) is 39.8. The molecule has 440 valence electrons. The van der Waals surface area contributed by atoms with Gasteiger partial charge in [0.15, 0.2) is 44.0 Å². The molecule has 0 saturated carbocycles. The number of rotatable bonds is 7. The Hall–Kier alpha value is -1.36. The lowest BCUT2D eigenvalue weighted by Gasteiger charge is -2.50. The molecule has 0 unspecified atom stereocenters. The third kappa shape index (κ3) is 11.2. The minimum absolute atomic E-state index is 0.822. The van der Waals surface area contributed by atoms with Crippen LogP contribution in [0.1, 0.15) is 0 Å². The number of aliphatic hydroxyl groups excluding tert-OH is 19. The van der Waals surface area contributed by atoms with Gasteiger partial charge in [0.05, 0.1) is 46.2 Å². The molecule has 0 spiro atoms. The summed E-state index contributed by atoms with van der Waals surface area (Å²) in [5, 5.41) is 208. The fraction of sp³-hybridized carbons (Fsp3) is 1.00. The van der Waals surface area contributed by atoms with Crippen LogP contribution in [0.5, 0.6) is 0 Å². The molecule has 21 heterocycles. The molecule has 21 fully saturated rings. The van der Waals surface area contributed by atoms with Gasteiger partial charge in [-0.15, -0.1) is 0 Å². The summed E-state index contributed by atoms with van der Waals surface area (Å²) in [4.78, 5) is 0. The molecule has 0 aliphatic carbocycles. The van der Waals surface area contributed by atoms with Crippen LogP contribution < -0.4 is 0 Å². The summed E-state index contributed by atoms with van der Waals surface area (Å²) in [6, 6.07) is 0. The van der Waals surface area contributed by atoms with Crippen LogP contribution in [0.15, 0.2) is 0 Å². The van der Waals surface area contributed by atoms with Gasteiger partial charge in [0, 0.05) is 0 Å². The van der Waals surface area contributed by atoms with Gasteiger partial charge in [-0.1, -0.05) is 0 Å². The van der Waals surface area contributed by atoms with Crippen LogP contribution in [0, 0.1) is 0 Å². The number of aliphatic hydroxyl groups is 19. The summed E-state index contributed by atoms with van der Waals surface area (Å²) >= 11 is 0. The van der Waals surface area contributed by atoms with Crippen molar-refractivity contribution < 1.29 is 168 Å². The first-order valence-electron chi connectivity index (χ1n) is 24.6. The van der Waals surface area contributed by atoms with Crippen molar-refractivity contribution in [3.63, 3.8) is 0 Å². The monoisotopic (exact) mass is 1120 g/mol. The summed E-state index contributed by atoms with van der Waals surface area (Å²) in [6.07, 6.45) is -64.2. The normalized spacial score (nSPS) is 56.3. The molecule has 0 aromatic carbocycles. The lowest BCUT2D eigenvalue weighted by molar-refractivity contribution is -0.396. The maximum absolute atomic E-state index is 11.4. The van der Waals surface area contributed by atoms with Gasteiger partial charge in [-0.2, -0.15) is 0 Å². The van der Waals surface area contributed by atoms with Crippen LogP contribution in [0.25, 0.3) is 0 Å². The first-order valence-corrected chi connectivity index (χ1v) is 24.6. The van der Waals surface area contributed by atoms with Crippen LogP contribution >= 0.6 is 0 Å². The lowest BCUT2D eigenvalue weighted by Crippen LogP contribution is -2.68. The molecule has 34 heteroatoms. The smallest absolute Gasteiger partial charge is 0.187 e. The number of hydrogen-bond donors (Lipinski definition) is 19. The molecule has 21 aliphatic rings. The topological polar surface area (TPSA) is 526 Å². The molecule has 0 aromatic rings. The van der Waals surface area contributed by atoms with Crippen LogP contribution in [0.2, 0.25) is 0 Å². The van der Waals surface area contributed by atoms with Crippen LogP contribution in [-0.4, -0.2) is 358 Å². The SMILES string of the molecule is OC[C@H]1O[C@@H]2O[C@H]3[C@H](O)[C@@H](O)[C@@H](O[C@H]4[C@H](O)[C@@H](O)[C@@H](O[C@H]5[C@H](O)[C@@H](O)[C@@H](O[C@H]6[C@H](O)[C@@H](O)[C@@H](O[C@H]7[C@H]8O[C@H]8[C@@H](O[C@H]8[C@@H](O)[C@H](O)[C@@H](O[C@H]1[C@H](O)[C@H]2O)O[C@@H]8CO)O[C@@H]7CO)O[C@@H]6CO)O[C@@H]5CO)O[C@@H]4CO)O[C@@H]3CO. The largest absolute Gasteiger partial charge is 0.394 e. The highest BCUT2D eigenvalue weighted by Crippen LogP contribution is 2.43. The number of ether oxygens (including phenoxy) is 15. The molecule has 0 aromatic heterocycles. The molecule has 0 amide bonds. The molecule has 14 bridgehead atoms. The Labute approximate surface area is 428 Å². The molecule has 35 atom stereocenters. The Kier molecular flexibility index (Phi) is 19.2. The Morgan fingerprint density at radius 1 is 0.158 bits per heavy atom. The van der Waals surface area contributed by atoms with E-state index in [1.807, 2.05) is 0 Å². The van der Waals surface area contributed by atoms with E-state index >= 15 is 0 Å². The van der Waals surface area contributed by atoms with Gasteiger partial charge in [0.25, 0.3) is 0 Å². The Balaban J connectivity index is 0.984. The second-order valence-corrected chi connectivity index (χ2v) is 19.7.